The Labute approximate surface area is 233 Å². The van der Waals surface area contributed by atoms with Gasteiger partial charge >= 0.3 is 6.18 Å². The van der Waals surface area contributed by atoms with E-state index in [2.05, 4.69) is 76.4 Å². The number of aliphatic hydroxyl groups is 1. The van der Waals surface area contributed by atoms with E-state index < -0.39 is 26.2 Å². The summed E-state index contributed by atoms with van der Waals surface area (Å²) in [5, 5.41) is 11.1. The molecule has 3 nitrogen and oxygen atoms in total. The maximum atomic E-state index is 13.0. The standard InChI is InChI=1S/C29H39F3INO2Si/c1-17(2)22-12-21(33)25-23(34-22)15-28(16-24(25)36-37(6,7)27(3,4)5)13-19(14-28)26(35)18-8-10-20(11-9-18)29(30,31)32/h8-12,17,19,24,26,35H,13-16H2,1-7H3/t19?,24-,26?,28?/m0/s1. The van der Waals surface area contributed by atoms with Crippen LogP contribution in [0, 0.1) is 14.9 Å². The van der Waals surface area contributed by atoms with Gasteiger partial charge in [-0.05, 0) is 107 Å². The van der Waals surface area contributed by atoms with E-state index in [4.69, 9.17) is 9.41 Å². The molecule has 1 N–H and O–H groups in total. The van der Waals surface area contributed by atoms with Crippen LogP contribution in [0.25, 0.3) is 0 Å². The van der Waals surface area contributed by atoms with Gasteiger partial charge in [0.05, 0.1) is 17.8 Å². The van der Waals surface area contributed by atoms with E-state index in [0.29, 0.717) is 11.5 Å². The fraction of sp³-hybridized carbons (Fsp3) is 0.621. The first kappa shape index (κ1) is 29.0. The monoisotopic (exact) mass is 645 g/mol. The molecule has 0 aliphatic heterocycles. The van der Waals surface area contributed by atoms with E-state index in [0.717, 1.165) is 49.2 Å². The van der Waals surface area contributed by atoms with Gasteiger partial charge in [-0.2, -0.15) is 13.2 Å². The molecule has 1 spiro atoms. The maximum absolute atomic E-state index is 13.0. The molecule has 204 valence electrons. The highest BCUT2D eigenvalue weighted by molar-refractivity contribution is 14.1. The minimum atomic E-state index is -4.38. The number of fused-ring (bicyclic) bond motifs is 1. The Balaban J connectivity index is 1.60. The number of halogens is 4. The molecule has 37 heavy (non-hydrogen) atoms. The van der Waals surface area contributed by atoms with E-state index in [1.165, 1.54) is 21.3 Å². The summed E-state index contributed by atoms with van der Waals surface area (Å²) in [6.45, 7) is 15.7. The van der Waals surface area contributed by atoms with Crippen molar-refractivity contribution in [2.24, 2.45) is 11.3 Å². The van der Waals surface area contributed by atoms with Gasteiger partial charge in [-0.1, -0.05) is 46.8 Å². The molecule has 4 rings (SSSR count). The average Bonchev–Trinajstić information content (AvgIpc) is 2.74. The lowest BCUT2D eigenvalue weighted by Crippen LogP contribution is -2.49. The van der Waals surface area contributed by atoms with Gasteiger partial charge in [-0.3, -0.25) is 4.98 Å². The summed E-state index contributed by atoms with van der Waals surface area (Å²) >= 11 is 2.44. The SMILES string of the molecule is CC(C)c1cc(I)c2c(n1)CC1(CC(C(O)c3ccc(C(F)(F)F)cc3)C1)C[C@@H]2O[Si](C)(C)C(C)(C)C. The van der Waals surface area contributed by atoms with Gasteiger partial charge in [0.2, 0.25) is 0 Å². The Morgan fingerprint density at radius 2 is 1.68 bits per heavy atom. The molecule has 1 aromatic heterocycles. The first-order valence-electron chi connectivity index (χ1n) is 13.1. The van der Waals surface area contributed by atoms with Crippen LogP contribution >= 0.6 is 22.6 Å². The van der Waals surface area contributed by atoms with E-state index >= 15 is 0 Å². The Bertz CT molecular complexity index is 1140. The second kappa shape index (κ2) is 9.89. The number of rotatable bonds is 5. The number of hydrogen-bond donors (Lipinski definition) is 1. The van der Waals surface area contributed by atoms with Crippen molar-refractivity contribution < 1.29 is 22.7 Å². The zero-order chi connectivity index (χ0) is 27.6. The summed E-state index contributed by atoms with van der Waals surface area (Å²) < 4.78 is 47.2. The average molecular weight is 646 g/mol. The molecule has 1 heterocycles. The Morgan fingerprint density at radius 1 is 1.08 bits per heavy atom. The van der Waals surface area contributed by atoms with Crippen molar-refractivity contribution in [1.82, 2.24) is 4.98 Å². The predicted molar refractivity (Wildman–Crippen MR) is 152 cm³/mol. The first-order valence-corrected chi connectivity index (χ1v) is 17.1. The molecule has 1 saturated carbocycles. The highest BCUT2D eigenvalue weighted by atomic mass is 127. The summed E-state index contributed by atoms with van der Waals surface area (Å²) in [6.07, 6.45) is -1.81. The molecule has 0 bridgehead atoms. The fourth-order valence-electron chi connectivity index (χ4n) is 5.65. The molecule has 2 aliphatic rings. The van der Waals surface area contributed by atoms with Crippen LogP contribution in [-0.4, -0.2) is 18.4 Å². The third kappa shape index (κ3) is 5.82. The maximum Gasteiger partial charge on any atom is 0.416 e. The molecule has 2 atom stereocenters. The number of aromatic nitrogens is 1. The lowest BCUT2D eigenvalue weighted by molar-refractivity contribution is -0.137. The van der Waals surface area contributed by atoms with Crippen molar-refractivity contribution >= 4 is 30.9 Å². The van der Waals surface area contributed by atoms with Crippen LogP contribution < -0.4 is 0 Å². The van der Waals surface area contributed by atoms with E-state index in [9.17, 15) is 18.3 Å². The third-order valence-corrected chi connectivity index (χ3v) is 14.2. The molecule has 1 unspecified atom stereocenters. The van der Waals surface area contributed by atoms with Crippen LogP contribution in [0.5, 0.6) is 0 Å². The van der Waals surface area contributed by atoms with Crippen molar-refractivity contribution in [3.63, 3.8) is 0 Å². The number of nitrogens with zero attached hydrogens (tertiary/aromatic N) is 1. The molecule has 1 aromatic carbocycles. The fourth-order valence-corrected chi connectivity index (χ4v) is 7.89. The minimum absolute atomic E-state index is 0.0106. The number of alkyl halides is 3. The first-order chi connectivity index (χ1) is 16.9. The summed E-state index contributed by atoms with van der Waals surface area (Å²) in [6, 6.07) is 7.15. The van der Waals surface area contributed by atoms with E-state index in [1.807, 2.05) is 0 Å². The quantitative estimate of drug-likeness (QED) is 0.261. The molecular weight excluding hydrogens is 606 g/mol. The lowest BCUT2D eigenvalue weighted by Gasteiger charge is -2.54. The summed E-state index contributed by atoms with van der Waals surface area (Å²) in [5.41, 5.74) is 3.29. The topological polar surface area (TPSA) is 42.4 Å². The molecule has 0 radical (unpaired) electrons. The molecule has 1 fully saturated rings. The van der Waals surface area contributed by atoms with Gasteiger partial charge in [0, 0.05) is 20.5 Å². The summed E-state index contributed by atoms with van der Waals surface area (Å²) in [7, 11) is -2.06. The molecule has 2 aromatic rings. The molecule has 8 heteroatoms. The summed E-state index contributed by atoms with van der Waals surface area (Å²) in [5.74, 6) is 0.339. The number of hydrogen-bond acceptors (Lipinski definition) is 3. The van der Waals surface area contributed by atoms with Crippen LogP contribution in [0.4, 0.5) is 13.2 Å². The van der Waals surface area contributed by atoms with Gasteiger partial charge in [0.15, 0.2) is 8.32 Å². The second-order valence-electron chi connectivity index (χ2n) is 13.0. The lowest BCUT2D eigenvalue weighted by atomic mass is 9.53. The molecule has 0 amide bonds. The van der Waals surface area contributed by atoms with Crippen LogP contribution in [0.15, 0.2) is 30.3 Å². The van der Waals surface area contributed by atoms with E-state index in [1.54, 1.807) is 0 Å². The van der Waals surface area contributed by atoms with Gasteiger partial charge in [-0.25, -0.2) is 0 Å². The predicted octanol–water partition coefficient (Wildman–Crippen LogP) is 8.97. The van der Waals surface area contributed by atoms with Crippen molar-refractivity contribution in [1.29, 1.82) is 0 Å². The molecular formula is C29H39F3INO2Si. The van der Waals surface area contributed by atoms with Crippen LogP contribution in [0.1, 0.15) is 100 Å². The van der Waals surface area contributed by atoms with Crippen LogP contribution in [0.2, 0.25) is 18.1 Å². The minimum Gasteiger partial charge on any atom is -0.410 e. The number of aliphatic hydroxyl groups excluding tert-OH is 1. The Hall–Kier alpha value is -0.973. The highest BCUT2D eigenvalue weighted by Crippen LogP contribution is 2.60. The third-order valence-electron chi connectivity index (χ3n) is 8.84. The van der Waals surface area contributed by atoms with Crippen molar-refractivity contribution in [2.75, 3.05) is 0 Å². The normalized spacial score (nSPS) is 25.2. The largest absolute Gasteiger partial charge is 0.416 e. The molecule has 2 aliphatic carbocycles. The zero-order valence-corrected chi connectivity index (χ0v) is 26.0. The zero-order valence-electron chi connectivity index (χ0n) is 22.8. The Morgan fingerprint density at radius 3 is 2.19 bits per heavy atom. The highest BCUT2D eigenvalue weighted by Gasteiger charge is 2.53. The van der Waals surface area contributed by atoms with Crippen LogP contribution in [0.3, 0.4) is 0 Å². The van der Waals surface area contributed by atoms with E-state index in [-0.39, 0.29) is 22.5 Å². The Kier molecular flexibility index (Phi) is 7.76. The van der Waals surface area contributed by atoms with Crippen LogP contribution in [-0.2, 0) is 17.0 Å². The van der Waals surface area contributed by atoms with Crippen molar-refractivity contribution in [3.8, 4) is 0 Å². The molecule has 0 saturated heterocycles. The van der Waals surface area contributed by atoms with Gasteiger partial charge in [0.1, 0.15) is 0 Å². The number of pyridine rings is 1. The smallest absolute Gasteiger partial charge is 0.410 e. The van der Waals surface area contributed by atoms with Gasteiger partial charge in [0.25, 0.3) is 0 Å². The van der Waals surface area contributed by atoms with Gasteiger partial charge in [-0.15, -0.1) is 0 Å². The van der Waals surface area contributed by atoms with Crippen molar-refractivity contribution in [3.05, 3.63) is 62.0 Å². The summed E-state index contributed by atoms with van der Waals surface area (Å²) in [4.78, 5) is 5.12. The number of benzene rings is 1. The van der Waals surface area contributed by atoms with Gasteiger partial charge < -0.3 is 9.53 Å². The second-order valence-corrected chi connectivity index (χ2v) is 18.9. The van der Waals surface area contributed by atoms with Crippen molar-refractivity contribution in [2.45, 2.75) is 103 Å².